The van der Waals surface area contributed by atoms with Crippen molar-refractivity contribution in [3.05, 3.63) is 60.1 Å². The van der Waals surface area contributed by atoms with E-state index < -0.39 is 0 Å². The molecule has 0 aliphatic carbocycles. The minimum absolute atomic E-state index is 0.614. The van der Waals surface area contributed by atoms with Crippen LogP contribution in [0.1, 0.15) is 37.1 Å². The van der Waals surface area contributed by atoms with Gasteiger partial charge in [0.1, 0.15) is 5.82 Å². The van der Waals surface area contributed by atoms with Gasteiger partial charge in [-0.2, -0.15) is 4.98 Å². The lowest BCUT2D eigenvalue weighted by molar-refractivity contribution is 0.379. The summed E-state index contributed by atoms with van der Waals surface area (Å²) in [5.74, 6) is 2.33. The number of nitrogens with zero attached hydrogens (tertiary/aromatic N) is 4. The molecule has 1 fully saturated rings. The molecule has 26 heavy (non-hydrogen) atoms. The number of benzene rings is 1. The van der Waals surface area contributed by atoms with Crippen LogP contribution in [0.5, 0.6) is 0 Å². The van der Waals surface area contributed by atoms with Crippen molar-refractivity contribution in [3.63, 3.8) is 0 Å². The average molecular weight is 348 g/mol. The fraction of sp³-hybridized carbons (Fsp3) is 0.381. The smallest absolute Gasteiger partial charge is 0.227 e. The second-order valence-electron chi connectivity index (χ2n) is 6.80. The molecule has 5 heteroatoms. The number of aromatic nitrogens is 3. The lowest BCUT2D eigenvalue weighted by Crippen LogP contribution is -2.24. The number of aryl methyl sites for hydroxylation is 2. The zero-order valence-corrected chi connectivity index (χ0v) is 15.0. The van der Waals surface area contributed by atoms with Crippen molar-refractivity contribution in [3.8, 4) is 11.4 Å². The van der Waals surface area contributed by atoms with Crippen LogP contribution in [0.2, 0.25) is 0 Å². The summed E-state index contributed by atoms with van der Waals surface area (Å²) in [6.07, 6.45) is 8.64. The highest BCUT2D eigenvalue weighted by molar-refractivity contribution is 5.55. The lowest BCUT2D eigenvalue weighted by Gasteiger charge is -2.21. The van der Waals surface area contributed by atoms with Gasteiger partial charge in [0.15, 0.2) is 0 Å². The third-order valence-corrected chi connectivity index (χ3v) is 4.87. The Morgan fingerprint density at radius 2 is 1.69 bits per heavy atom. The Kier molecular flexibility index (Phi) is 5.24. The topological polar surface area (TPSA) is 55.1 Å². The Labute approximate surface area is 154 Å². The molecule has 0 radical (unpaired) electrons. The third kappa shape index (κ3) is 4.10. The van der Waals surface area contributed by atoms with Gasteiger partial charge in [-0.05, 0) is 37.0 Å². The van der Waals surface area contributed by atoms with Gasteiger partial charge in [-0.1, -0.05) is 48.3 Å². The molecular weight excluding hydrogens is 324 g/mol. The monoisotopic (exact) mass is 348 g/mol. The van der Waals surface area contributed by atoms with Crippen molar-refractivity contribution in [2.45, 2.75) is 38.5 Å². The van der Waals surface area contributed by atoms with E-state index in [2.05, 4.69) is 38.2 Å². The Bertz CT molecular complexity index is 806. The van der Waals surface area contributed by atoms with Crippen LogP contribution in [-0.4, -0.2) is 28.2 Å². The second-order valence-corrected chi connectivity index (χ2v) is 6.80. The van der Waals surface area contributed by atoms with E-state index >= 15 is 0 Å². The van der Waals surface area contributed by atoms with E-state index in [4.69, 9.17) is 4.52 Å². The summed E-state index contributed by atoms with van der Waals surface area (Å²) in [4.78, 5) is 11.5. The van der Waals surface area contributed by atoms with Crippen LogP contribution >= 0.6 is 0 Å². The lowest BCUT2D eigenvalue weighted by atomic mass is 10.1. The first-order chi connectivity index (χ1) is 12.9. The highest BCUT2D eigenvalue weighted by Gasteiger charge is 2.13. The van der Waals surface area contributed by atoms with Gasteiger partial charge in [-0.3, -0.25) is 0 Å². The maximum Gasteiger partial charge on any atom is 0.227 e. The number of hydrogen-bond acceptors (Lipinski definition) is 5. The van der Waals surface area contributed by atoms with E-state index in [0.29, 0.717) is 11.7 Å². The SMILES string of the molecule is c1ccc(CCc2nc(-c3ccc(N4CCCCCC4)nc3)no2)cc1. The van der Waals surface area contributed by atoms with Crippen molar-refractivity contribution in [1.82, 2.24) is 15.1 Å². The van der Waals surface area contributed by atoms with Crippen LogP contribution in [0.4, 0.5) is 5.82 Å². The van der Waals surface area contributed by atoms with Crippen molar-refractivity contribution < 1.29 is 4.52 Å². The largest absolute Gasteiger partial charge is 0.357 e. The predicted octanol–water partition coefficient (Wildman–Crippen LogP) is 4.30. The van der Waals surface area contributed by atoms with Gasteiger partial charge in [0.05, 0.1) is 0 Å². The molecule has 0 amide bonds. The maximum absolute atomic E-state index is 5.40. The van der Waals surface area contributed by atoms with E-state index in [1.807, 2.05) is 30.5 Å². The van der Waals surface area contributed by atoms with Crippen LogP contribution in [0.15, 0.2) is 53.2 Å². The minimum Gasteiger partial charge on any atom is -0.357 e. The third-order valence-electron chi connectivity index (χ3n) is 4.87. The van der Waals surface area contributed by atoms with Crippen LogP contribution in [0.25, 0.3) is 11.4 Å². The molecule has 1 saturated heterocycles. The molecule has 1 aliphatic rings. The molecular formula is C21H24N4O. The molecule has 134 valence electrons. The fourth-order valence-corrected chi connectivity index (χ4v) is 3.37. The van der Waals surface area contributed by atoms with Gasteiger partial charge in [0.2, 0.25) is 11.7 Å². The average Bonchev–Trinajstić information content (AvgIpc) is 3.01. The van der Waals surface area contributed by atoms with E-state index in [9.17, 15) is 0 Å². The summed E-state index contributed by atoms with van der Waals surface area (Å²) in [6.45, 7) is 2.19. The molecule has 0 bridgehead atoms. The molecule has 0 unspecified atom stereocenters. The first-order valence-electron chi connectivity index (χ1n) is 9.46. The van der Waals surface area contributed by atoms with E-state index in [0.717, 1.165) is 37.3 Å². The quantitative estimate of drug-likeness (QED) is 0.688. The first-order valence-corrected chi connectivity index (χ1v) is 9.46. The summed E-state index contributed by atoms with van der Waals surface area (Å²) in [6, 6.07) is 14.5. The van der Waals surface area contributed by atoms with Crippen molar-refractivity contribution >= 4 is 5.82 Å². The summed E-state index contributed by atoms with van der Waals surface area (Å²) in [5, 5.41) is 4.12. The van der Waals surface area contributed by atoms with Crippen molar-refractivity contribution in [1.29, 1.82) is 0 Å². The first kappa shape index (κ1) is 16.8. The standard InChI is InChI=1S/C21H24N4O/c1-2-7-15-25(14-6-1)19-12-11-18(16-22-19)21-23-20(26-24-21)13-10-17-8-4-3-5-9-17/h3-5,8-9,11-12,16H,1-2,6-7,10,13-15H2. The Hall–Kier alpha value is -2.69. The Morgan fingerprint density at radius 1 is 0.885 bits per heavy atom. The highest BCUT2D eigenvalue weighted by atomic mass is 16.5. The molecule has 0 spiro atoms. The van der Waals surface area contributed by atoms with Gasteiger partial charge in [0.25, 0.3) is 0 Å². The number of rotatable bonds is 5. The van der Waals surface area contributed by atoms with Crippen molar-refractivity contribution in [2.24, 2.45) is 0 Å². The van der Waals surface area contributed by atoms with Gasteiger partial charge in [-0.25, -0.2) is 4.98 Å². The number of hydrogen-bond donors (Lipinski definition) is 0. The molecule has 5 nitrogen and oxygen atoms in total. The van der Waals surface area contributed by atoms with Crippen LogP contribution in [0.3, 0.4) is 0 Å². The van der Waals surface area contributed by atoms with E-state index in [1.54, 1.807) is 0 Å². The van der Waals surface area contributed by atoms with E-state index in [-0.39, 0.29) is 0 Å². The number of pyridine rings is 1. The van der Waals surface area contributed by atoms with Crippen LogP contribution in [-0.2, 0) is 12.8 Å². The molecule has 4 rings (SSSR count). The minimum atomic E-state index is 0.614. The van der Waals surface area contributed by atoms with Gasteiger partial charge in [-0.15, -0.1) is 0 Å². The summed E-state index contributed by atoms with van der Waals surface area (Å²) in [5.41, 5.74) is 2.18. The highest BCUT2D eigenvalue weighted by Crippen LogP contribution is 2.21. The molecule has 1 aliphatic heterocycles. The number of anilines is 1. The molecule has 0 N–H and O–H groups in total. The molecule has 0 atom stereocenters. The molecule has 3 aromatic rings. The van der Waals surface area contributed by atoms with Crippen LogP contribution < -0.4 is 4.90 Å². The second kappa shape index (κ2) is 8.13. The molecule has 3 heterocycles. The summed E-state index contributed by atoms with van der Waals surface area (Å²) < 4.78 is 5.40. The van der Waals surface area contributed by atoms with Gasteiger partial charge in [0, 0.05) is 31.3 Å². The maximum atomic E-state index is 5.40. The zero-order chi connectivity index (χ0) is 17.6. The Balaban J connectivity index is 1.40. The predicted molar refractivity (Wildman–Crippen MR) is 102 cm³/mol. The Morgan fingerprint density at radius 3 is 2.42 bits per heavy atom. The molecule has 1 aromatic carbocycles. The summed E-state index contributed by atoms with van der Waals surface area (Å²) in [7, 11) is 0. The van der Waals surface area contributed by atoms with Crippen LogP contribution in [0, 0.1) is 0 Å². The fourth-order valence-electron chi connectivity index (χ4n) is 3.37. The zero-order valence-electron chi connectivity index (χ0n) is 15.0. The van der Waals surface area contributed by atoms with Crippen molar-refractivity contribution in [2.75, 3.05) is 18.0 Å². The summed E-state index contributed by atoms with van der Waals surface area (Å²) >= 11 is 0. The molecule has 0 saturated carbocycles. The van der Waals surface area contributed by atoms with E-state index in [1.165, 1.54) is 31.2 Å². The normalized spacial score (nSPS) is 15.0. The molecule has 2 aromatic heterocycles. The van der Waals surface area contributed by atoms with Gasteiger partial charge < -0.3 is 9.42 Å². The van der Waals surface area contributed by atoms with Gasteiger partial charge >= 0.3 is 0 Å².